The first-order chi connectivity index (χ1) is 8.86. The fourth-order valence-corrected chi connectivity index (χ4v) is 2.26. The van der Waals surface area contributed by atoms with E-state index in [1.54, 1.807) is 0 Å². The number of fused-ring (bicyclic) bond motifs is 1. The number of nitrogens with one attached hydrogen (secondary N) is 1. The van der Waals surface area contributed by atoms with E-state index in [1.807, 2.05) is 18.3 Å². The van der Waals surface area contributed by atoms with Crippen LogP contribution in [0.15, 0.2) is 36.5 Å². The van der Waals surface area contributed by atoms with Crippen molar-refractivity contribution >= 4 is 10.9 Å². The molecule has 92 valence electrons. The molecule has 0 aliphatic heterocycles. The Morgan fingerprint density at radius 2 is 2.17 bits per heavy atom. The molecule has 1 unspecified atom stereocenters. The van der Waals surface area contributed by atoms with Crippen LogP contribution in [-0.2, 0) is 0 Å². The molecule has 2 aromatic rings. The monoisotopic (exact) mass is 238 g/mol. The van der Waals surface area contributed by atoms with Gasteiger partial charge in [-0.15, -0.1) is 12.3 Å². The summed E-state index contributed by atoms with van der Waals surface area (Å²) < 4.78 is 0. The molecule has 1 aromatic carbocycles. The zero-order chi connectivity index (χ0) is 12.8. The summed E-state index contributed by atoms with van der Waals surface area (Å²) in [7, 11) is 0. The number of rotatable bonds is 5. The van der Waals surface area contributed by atoms with Crippen molar-refractivity contribution in [2.24, 2.45) is 0 Å². The first-order valence-corrected chi connectivity index (χ1v) is 6.37. The van der Waals surface area contributed by atoms with Gasteiger partial charge in [0.1, 0.15) is 0 Å². The molecule has 0 bridgehead atoms. The number of hydrogen-bond acceptors (Lipinski definition) is 2. The van der Waals surface area contributed by atoms with Gasteiger partial charge in [0.15, 0.2) is 0 Å². The Morgan fingerprint density at radius 3 is 2.94 bits per heavy atom. The van der Waals surface area contributed by atoms with Gasteiger partial charge in [0.2, 0.25) is 0 Å². The molecule has 0 fully saturated rings. The third-order valence-electron chi connectivity index (χ3n) is 3.09. The van der Waals surface area contributed by atoms with Crippen LogP contribution >= 0.6 is 0 Å². The highest BCUT2D eigenvalue weighted by molar-refractivity contribution is 5.82. The Morgan fingerprint density at radius 1 is 1.33 bits per heavy atom. The van der Waals surface area contributed by atoms with E-state index >= 15 is 0 Å². The van der Waals surface area contributed by atoms with E-state index in [9.17, 15) is 0 Å². The smallest absolute Gasteiger partial charge is 0.0705 e. The summed E-state index contributed by atoms with van der Waals surface area (Å²) in [4.78, 5) is 4.40. The lowest BCUT2D eigenvalue weighted by Crippen LogP contribution is -2.21. The number of hydrogen-bond donors (Lipinski definition) is 1. The third-order valence-corrected chi connectivity index (χ3v) is 3.09. The predicted octanol–water partition coefficient (Wildman–Crippen LogP) is 3.30. The molecule has 0 aliphatic carbocycles. The first kappa shape index (κ1) is 12.6. The molecule has 18 heavy (non-hydrogen) atoms. The van der Waals surface area contributed by atoms with Crippen LogP contribution in [0.1, 0.15) is 31.4 Å². The Labute approximate surface area is 108 Å². The lowest BCUT2D eigenvalue weighted by Gasteiger charge is -2.19. The molecule has 1 atom stereocenters. The Balaban J connectivity index is 2.40. The molecule has 0 spiro atoms. The molecule has 0 saturated carbocycles. The molecule has 0 radical (unpaired) electrons. The average Bonchev–Trinajstić information content (AvgIpc) is 2.43. The molecule has 0 saturated heterocycles. The number of terminal acetylenes is 1. The van der Waals surface area contributed by atoms with E-state index in [0.29, 0.717) is 6.04 Å². The quantitative estimate of drug-likeness (QED) is 0.808. The Hall–Kier alpha value is -1.85. The average molecular weight is 238 g/mol. The fourth-order valence-electron chi connectivity index (χ4n) is 2.26. The van der Waals surface area contributed by atoms with Gasteiger partial charge in [-0.05, 0) is 30.7 Å². The number of para-hydroxylation sites is 1. The topological polar surface area (TPSA) is 24.9 Å². The van der Waals surface area contributed by atoms with Gasteiger partial charge in [0.05, 0.1) is 5.52 Å². The third kappa shape index (κ3) is 2.69. The van der Waals surface area contributed by atoms with Crippen molar-refractivity contribution in [1.29, 1.82) is 0 Å². The number of pyridine rings is 1. The highest BCUT2D eigenvalue weighted by Crippen LogP contribution is 2.25. The Bertz CT molecular complexity index is 549. The summed E-state index contributed by atoms with van der Waals surface area (Å²) in [6.07, 6.45) is 8.99. The summed E-state index contributed by atoms with van der Waals surface area (Å²) in [5, 5.41) is 4.71. The largest absolute Gasteiger partial charge is 0.310 e. The summed E-state index contributed by atoms with van der Waals surface area (Å²) >= 11 is 0. The molecule has 1 aromatic heterocycles. The van der Waals surface area contributed by atoms with Crippen LogP contribution < -0.4 is 5.32 Å². The molecule has 2 heteroatoms. The summed E-state index contributed by atoms with van der Waals surface area (Å²) in [5.41, 5.74) is 2.33. The Kier molecular flexibility index (Phi) is 4.33. The molecule has 0 amide bonds. The second-order valence-corrected chi connectivity index (χ2v) is 4.27. The maximum Gasteiger partial charge on any atom is 0.0705 e. The minimum atomic E-state index is 0.305. The van der Waals surface area contributed by atoms with Crippen molar-refractivity contribution in [3.63, 3.8) is 0 Å². The second-order valence-electron chi connectivity index (χ2n) is 4.27. The lowest BCUT2D eigenvalue weighted by atomic mass is 9.98. The molecular weight excluding hydrogens is 220 g/mol. The van der Waals surface area contributed by atoms with Gasteiger partial charge in [-0.25, -0.2) is 0 Å². The second kappa shape index (κ2) is 6.18. The molecule has 2 rings (SSSR count). The van der Waals surface area contributed by atoms with Gasteiger partial charge in [0.25, 0.3) is 0 Å². The first-order valence-electron chi connectivity index (χ1n) is 6.37. The zero-order valence-electron chi connectivity index (χ0n) is 10.7. The van der Waals surface area contributed by atoms with E-state index in [-0.39, 0.29) is 0 Å². The molecular formula is C16H18N2. The predicted molar refractivity (Wildman–Crippen MR) is 76.2 cm³/mol. The van der Waals surface area contributed by atoms with Crippen LogP contribution in [0, 0.1) is 12.3 Å². The van der Waals surface area contributed by atoms with Crippen molar-refractivity contribution in [2.45, 2.75) is 25.8 Å². The minimum absolute atomic E-state index is 0.305. The SMILES string of the molecule is C#CCCC(NCC)c1ccnc2ccccc12. The van der Waals surface area contributed by atoms with E-state index in [1.165, 1.54) is 10.9 Å². The highest BCUT2D eigenvalue weighted by atomic mass is 14.9. The standard InChI is InChI=1S/C16H18N2/c1-3-5-9-15(17-4-2)14-11-12-18-16-10-7-6-8-13(14)16/h1,6-8,10-12,15,17H,4-5,9H2,2H3. The van der Waals surface area contributed by atoms with Crippen LogP contribution in [0.25, 0.3) is 10.9 Å². The van der Waals surface area contributed by atoms with E-state index in [0.717, 1.165) is 24.9 Å². The number of benzene rings is 1. The van der Waals surface area contributed by atoms with Crippen molar-refractivity contribution in [1.82, 2.24) is 10.3 Å². The van der Waals surface area contributed by atoms with Crippen molar-refractivity contribution in [2.75, 3.05) is 6.54 Å². The van der Waals surface area contributed by atoms with Crippen LogP contribution in [0.2, 0.25) is 0 Å². The van der Waals surface area contributed by atoms with Crippen LogP contribution in [0.4, 0.5) is 0 Å². The summed E-state index contributed by atoms with van der Waals surface area (Å²) in [5.74, 6) is 2.72. The number of nitrogens with zero attached hydrogens (tertiary/aromatic N) is 1. The summed E-state index contributed by atoms with van der Waals surface area (Å²) in [6.45, 7) is 3.05. The minimum Gasteiger partial charge on any atom is -0.310 e. The normalized spacial score (nSPS) is 12.2. The highest BCUT2D eigenvalue weighted by Gasteiger charge is 2.12. The maximum atomic E-state index is 5.37. The van der Waals surface area contributed by atoms with Gasteiger partial charge in [-0.2, -0.15) is 0 Å². The molecule has 0 aliphatic rings. The fraction of sp³-hybridized carbons (Fsp3) is 0.312. The molecule has 1 N–H and O–H groups in total. The van der Waals surface area contributed by atoms with Crippen molar-refractivity contribution in [3.05, 3.63) is 42.1 Å². The van der Waals surface area contributed by atoms with Crippen LogP contribution in [0.3, 0.4) is 0 Å². The van der Waals surface area contributed by atoms with E-state index < -0.39 is 0 Å². The van der Waals surface area contributed by atoms with E-state index in [4.69, 9.17) is 6.42 Å². The lowest BCUT2D eigenvalue weighted by molar-refractivity contribution is 0.525. The van der Waals surface area contributed by atoms with Crippen molar-refractivity contribution in [3.8, 4) is 12.3 Å². The van der Waals surface area contributed by atoms with Gasteiger partial charge < -0.3 is 5.32 Å². The van der Waals surface area contributed by atoms with E-state index in [2.05, 4.69) is 41.3 Å². The molecule has 1 heterocycles. The van der Waals surface area contributed by atoms with Gasteiger partial charge in [0, 0.05) is 24.0 Å². The summed E-state index contributed by atoms with van der Waals surface area (Å²) in [6, 6.07) is 10.6. The molecule has 2 nitrogen and oxygen atoms in total. The van der Waals surface area contributed by atoms with Gasteiger partial charge in [-0.3, -0.25) is 4.98 Å². The van der Waals surface area contributed by atoms with Crippen LogP contribution in [-0.4, -0.2) is 11.5 Å². The van der Waals surface area contributed by atoms with Gasteiger partial charge >= 0.3 is 0 Å². The van der Waals surface area contributed by atoms with Crippen LogP contribution in [0.5, 0.6) is 0 Å². The number of aromatic nitrogens is 1. The van der Waals surface area contributed by atoms with Crippen molar-refractivity contribution < 1.29 is 0 Å². The zero-order valence-corrected chi connectivity index (χ0v) is 10.7. The maximum absolute atomic E-state index is 5.37. The van der Waals surface area contributed by atoms with Gasteiger partial charge in [-0.1, -0.05) is 25.1 Å².